The van der Waals surface area contributed by atoms with Gasteiger partial charge in [-0.3, -0.25) is 4.79 Å². The van der Waals surface area contributed by atoms with Gasteiger partial charge in [-0.1, -0.05) is 30.7 Å². The Morgan fingerprint density at radius 3 is 2.81 bits per heavy atom. The van der Waals surface area contributed by atoms with Crippen molar-refractivity contribution < 1.29 is 9.90 Å². The third-order valence-corrected chi connectivity index (χ3v) is 3.95. The summed E-state index contributed by atoms with van der Waals surface area (Å²) in [7, 11) is 0. The molecule has 0 spiro atoms. The standard InChI is InChI=1S/C18H23NO2/c1-2-19(17-11-3-4-12-17)18(21)16-10-7-9-15(14-16)8-5-6-13-20/h7,9-10,14,17,20H,2-4,6,11-13H2,1H3. The van der Waals surface area contributed by atoms with E-state index >= 15 is 0 Å². The molecule has 0 unspecified atom stereocenters. The molecule has 1 aliphatic carbocycles. The predicted octanol–water partition coefficient (Wildman–Crippen LogP) is 2.83. The number of carbonyl (C=O) groups is 1. The average molecular weight is 285 g/mol. The van der Waals surface area contributed by atoms with E-state index in [1.165, 1.54) is 12.8 Å². The fraction of sp³-hybridized carbons (Fsp3) is 0.500. The molecule has 1 aromatic carbocycles. The summed E-state index contributed by atoms with van der Waals surface area (Å²) >= 11 is 0. The van der Waals surface area contributed by atoms with Gasteiger partial charge in [0.1, 0.15) is 0 Å². The average Bonchev–Trinajstić information content (AvgIpc) is 3.03. The zero-order valence-corrected chi connectivity index (χ0v) is 12.6. The van der Waals surface area contributed by atoms with Crippen LogP contribution in [0.4, 0.5) is 0 Å². The molecule has 1 aliphatic rings. The monoisotopic (exact) mass is 285 g/mol. The second-order valence-corrected chi connectivity index (χ2v) is 5.39. The van der Waals surface area contributed by atoms with Gasteiger partial charge in [0.25, 0.3) is 5.91 Å². The number of hydrogen-bond acceptors (Lipinski definition) is 2. The molecule has 1 N–H and O–H groups in total. The van der Waals surface area contributed by atoms with Crippen molar-refractivity contribution in [3.05, 3.63) is 35.4 Å². The van der Waals surface area contributed by atoms with E-state index in [1.54, 1.807) is 0 Å². The lowest BCUT2D eigenvalue weighted by atomic mass is 10.1. The summed E-state index contributed by atoms with van der Waals surface area (Å²) in [5, 5.41) is 8.75. The Bertz CT molecular complexity index is 536. The first kappa shape index (κ1) is 15.6. The number of aliphatic hydroxyl groups is 1. The number of nitrogens with zero attached hydrogens (tertiary/aromatic N) is 1. The van der Waals surface area contributed by atoms with Crippen molar-refractivity contribution in [1.82, 2.24) is 4.90 Å². The molecule has 1 saturated carbocycles. The van der Waals surface area contributed by atoms with Crippen LogP contribution >= 0.6 is 0 Å². The molecule has 0 bridgehead atoms. The molecule has 1 aromatic rings. The highest BCUT2D eigenvalue weighted by atomic mass is 16.2. The normalized spacial score (nSPS) is 14.6. The van der Waals surface area contributed by atoms with Crippen LogP contribution in [0.1, 0.15) is 54.9 Å². The zero-order chi connectivity index (χ0) is 15.1. The Morgan fingerprint density at radius 2 is 2.14 bits per heavy atom. The Hall–Kier alpha value is -1.79. The van der Waals surface area contributed by atoms with Gasteiger partial charge in [-0.15, -0.1) is 0 Å². The van der Waals surface area contributed by atoms with Gasteiger partial charge in [0.15, 0.2) is 0 Å². The SMILES string of the molecule is CCN(C(=O)c1cccc(C#CCCO)c1)C1CCCC1. The van der Waals surface area contributed by atoms with Gasteiger partial charge in [-0.25, -0.2) is 0 Å². The Morgan fingerprint density at radius 1 is 1.38 bits per heavy atom. The molecule has 0 aromatic heterocycles. The van der Waals surface area contributed by atoms with E-state index in [2.05, 4.69) is 11.8 Å². The molecule has 21 heavy (non-hydrogen) atoms. The predicted molar refractivity (Wildman–Crippen MR) is 84.0 cm³/mol. The quantitative estimate of drug-likeness (QED) is 0.864. The first-order valence-electron chi connectivity index (χ1n) is 7.77. The number of amides is 1. The van der Waals surface area contributed by atoms with Crippen molar-refractivity contribution in [2.45, 2.75) is 45.1 Å². The zero-order valence-electron chi connectivity index (χ0n) is 12.6. The molecule has 0 aliphatic heterocycles. The van der Waals surface area contributed by atoms with Gasteiger partial charge in [0.05, 0.1) is 6.61 Å². The van der Waals surface area contributed by atoms with Crippen molar-refractivity contribution in [1.29, 1.82) is 0 Å². The van der Waals surface area contributed by atoms with Crippen molar-refractivity contribution >= 4 is 5.91 Å². The van der Waals surface area contributed by atoms with Gasteiger partial charge in [-0.2, -0.15) is 0 Å². The molecule has 3 heteroatoms. The van der Waals surface area contributed by atoms with Gasteiger partial charge in [0, 0.05) is 30.1 Å². The van der Waals surface area contributed by atoms with Crippen LogP contribution in [-0.4, -0.2) is 35.1 Å². The minimum atomic E-state index is 0.0664. The van der Waals surface area contributed by atoms with E-state index in [-0.39, 0.29) is 12.5 Å². The summed E-state index contributed by atoms with van der Waals surface area (Å²) < 4.78 is 0. The summed E-state index contributed by atoms with van der Waals surface area (Å²) in [6.07, 6.45) is 5.15. The highest BCUT2D eigenvalue weighted by molar-refractivity contribution is 5.94. The fourth-order valence-electron chi connectivity index (χ4n) is 2.90. The van der Waals surface area contributed by atoms with Crippen LogP contribution in [0, 0.1) is 11.8 Å². The molecule has 1 amide bonds. The van der Waals surface area contributed by atoms with E-state index in [4.69, 9.17) is 5.11 Å². The fourth-order valence-corrected chi connectivity index (χ4v) is 2.90. The maximum absolute atomic E-state index is 12.7. The Balaban J connectivity index is 2.14. The second-order valence-electron chi connectivity index (χ2n) is 5.39. The van der Waals surface area contributed by atoms with E-state index in [1.807, 2.05) is 36.1 Å². The van der Waals surface area contributed by atoms with Crippen LogP contribution in [0.3, 0.4) is 0 Å². The maximum atomic E-state index is 12.7. The van der Waals surface area contributed by atoms with Gasteiger partial charge in [-0.05, 0) is 38.0 Å². The molecule has 0 atom stereocenters. The molecule has 3 nitrogen and oxygen atoms in total. The van der Waals surface area contributed by atoms with Crippen LogP contribution in [0.5, 0.6) is 0 Å². The summed E-state index contributed by atoms with van der Waals surface area (Å²) in [6.45, 7) is 2.86. The second kappa shape index (κ2) is 7.85. The lowest BCUT2D eigenvalue weighted by Crippen LogP contribution is -2.38. The van der Waals surface area contributed by atoms with E-state index in [0.29, 0.717) is 18.0 Å². The van der Waals surface area contributed by atoms with E-state index < -0.39 is 0 Å². The lowest BCUT2D eigenvalue weighted by Gasteiger charge is -2.27. The third-order valence-electron chi connectivity index (χ3n) is 3.95. The molecule has 2 rings (SSSR count). The van der Waals surface area contributed by atoms with Crippen LogP contribution in [0.2, 0.25) is 0 Å². The highest BCUT2D eigenvalue weighted by Gasteiger charge is 2.26. The minimum Gasteiger partial charge on any atom is -0.395 e. The molecule has 1 fully saturated rings. The summed E-state index contributed by atoms with van der Waals surface area (Å²) in [5.41, 5.74) is 1.54. The molecular weight excluding hydrogens is 262 g/mol. The number of hydrogen-bond donors (Lipinski definition) is 1. The van der Waals surface area contributed by atoms with Gasteiger partial charge in [0.2, 0.25) is 0 Å². The summed E-state index contributed by atoms with van der Waals surface area (Å²) in [6, 6.07) is 7.87. The van der Waals surface area contributed by atoms with Crippen LogP contribution in [0.25, 0.3) is 0 Å². The summed E-state index contributed by atoms with van der Waals surface area (Å²) in [5.74, 6) is 5.98. The molecular formula is C18H23NO2. The molecule has 0 saturated heterocycles. The molecule has 112 valence electrons. The summed E-state index contributed by atoms with van der Waals surface area (Å²) in [4.78, 5) is 14.7. The molecule has 0 radical (unpaired) electrons. The first-order valence-corrected chi connectivity index (χ1v) is 7.77. The third kappa shape index (κ3) is 4.09. The number of benzene rings is 1. The van der Waals surface area contributed by atoms with E-state index in [9.17, 15) is 4.79 Å². The van der Waals surface area contributed by atoms with Crippen LogP contribution < -0.4 is 0 Å². The number of aliphatic hydroxyl groups excluding tert-OH is 1. The van der Waals surface area contributed by atoms with Crippen molar-refractivity contribution in [3.63, 3.8) is 0 Å². The minimum absolute atomic E-state index is 0.0664. The number of carbonyl (C=O) groups excluding carboxylic acids is 1. The Kier molecular flexibility index (Phi) is 5.83. The van der Waals surface area contributed by atoms with Gasteiger partial charge < -0.3 is 10.0 Å². The smallest absolute Gasteiger partial charge is 0.254 e. The molecule has 0 heterocycles. The lowest BCUT2D eigenvalue weighted by molar-refractivity contribution is 0.0693. The topological polar surface area (TPSA) is 40.5 Å². The van der Waals surface area contributed by atoms with Crippen molar-refractivity contribution in [3.8, 4) is 11.8 Å². The van der Waals surface area contributed by atoms with Crippen LogP contribution in [-0.2, 0) is 0 Å². The largest absolute Gasteiger partial charge is 0.395 e. The van der Waals surface area contributed by atoms with E-state index in [0.717, 1.165) is 24.9 Å². The van der Waals surface area contributed by atoms with Crippen LogP contribution in [0.15, 0.2) is 24.3 Å². The highest BCUT2D eigenvalue weighted by Crippen LogP contribution is 2.24. The number of rotatable bonds is 4. The maximum Gasteiger partial charge on any atom is 0.254 e. The van der Waals surface area contributed by atoms with Crippen molar-refractivity contribution in [2.75, 3.05) is 13.2 Å². The Labute approximate surface area is 127 Å². The van der Waals surface area contributed by atoms with Crippen molar-refractivity contribution in [2.24, 2.45) is 0 Å². The van der Waals surface area contributed by atoms with Gasteiger partial charge >= 0.3 is 0 Å². The first-order chi connectivity index (χ1) is 10.3.